The number of hydrogen-bond acceptors (Lipinski definition) is 4. The highest BCUT2D eigenvalue weighted by Crippen LogP contribution is 2.26. The van der Waals surface area contributed by atoms with Crippen molar-refractivity contribution in [1.82, 2.24) is 4.57 Å². The van der Waals surface area contributed by atoms with E-state index in [2.05, 4.69) is 5.32 Å². The third kappa shape index (κ3) is 3.91. The average Bonchev–Trinajstić information content (AvgIpc) is 2.85. The number of halogens is 4. The van der Waals surface area contributed by atoms with Crippen molar-refractivity contribution in [2.45, 2.75) is 13.0 Å². The Morgan fingerprint density at radius 2 is 2.17 bits per heavy atom. The molecule has 2 heterocycles. The van der Waals surface area contributed by atoms with Gasteiger partial charge < -0.3 is 9.88 Å². The summed E-state index contributed by atoms with van der Waals surface area (Å²) in [5.41, 5.74) is -1.38. The summed E-state index contributed by atoms with van der Waals surface area (Å²) in [6, 6.07) is 3.78. The largest absolute Gasteiger partial charge is 0.320 e. The molecule has 0 aliphatic rings. The molecule has 0 aliphatic heterocycles. The Kier molecular flexibility index (Phi) is 5.08. The van der Waals surface area contributed by atoms with Gasteiger partial charge in [0.2, 0.25) is 0 Å². The third-order valence-corrected chi connectivity index (χ3v) is 4.10. The lowest BCUT2D eigenvalue weighted by Gasteiger charge is -2.09. The summed E-state index contributed by atoms with van der Waals surface area (Å²) in [5, 5.41) is 11.1. The van der Waals surface area contributed by atoms with Crippen LogP contribution in [-0.2, 0) is 6.54 Å². The molecule has 0 saturated heterocycles. The van der Waals surface area contributed by atoms with Crippen LogP contribution in [0.3, 0.4) is 0 Å². The summed E-state index contributed by atoms with van der Waals surface area (Å²) in [4.78, 5) is 23.6. The van der Waals surface area contributed by atoms with E-state index in [-0.39, 0.29) is 20.5 Å². The number of aromatic nitrogens is 1. The number of carbonyl (C=O) groups excluding carboxylic acids is 1. The molecular formula is C13H7ClF3N3O2S. The molecule has 0 spiro atoms. The number of pyridine rings is 1. The monoisotopic (exact) mass is 361 g/mol. The Labute approximate surface area is 136 Å². The van der Waals surface area contributed by atoms with Crippen LogP contribution < -0.4 is 10.9 Å². The molecule has 0 bridgehead atoms. The maximum Gasteiger partial charge on any atom is 0.286 e. The van der Waals surface area contributed by atoms with Crippen LogP contribution in [0, 0.1) is 17.1 Å². The summed E-state index contributed by atoms with van der Waals surface area (Å²) < 4.78 is 38.7. The van der Waals surface area contributed by atoms with Crippen molar-refractivity contribution in [3.8, 4) is 6.07 Å². The highest BCUT2D eigenvalue weighted by Gasteiger charge is 2.16. The minimum absolute atomic E-state index is 0.0820. The van der Waals surface area contributed by atoms with E-state index >= 15 is 0 Å². The second-order valence-electron chi connectivity index (χ2n) is 4.28. The molecule has 120 valence electrons. The van der Waals surface area contributed by atoms with Crippen molar-refractivity contribution < 1.29 is 18.0 Å². The lowest BCUT2D eigenvalue weighted by atomic mass is 10.3. The van der Waals surface area contributed by atoms with Gasteiger partial charge in [0.25, 0.3) is 17.9 Å². The second-order valence-corrected chi connectivity index (χ2v) is 5.74. The molecule has 2 aromatic rings. The highest BCUT2D eigenvalue weighted by atomic mass is 35.5. The molecule has 1 amide bonds. The summed E-state index contributed by atoms with van der Waals surface area (Å²) in [6.45, 7) is -0.997. The molecule has 0 radical (unpaired) electrons. The van der Waals surface area contributed by atoms with Gasteiger partial charge in [-0.25, -0.2) is 13.2 Å². The quantitative estimate of drug-likeness (QED) is 0.909. The van der Waals surface area contributed by atoms with Crippen molar-refractivity contribution >= 4 is 34.5 Å². The lowest BCUT2D eigenvalue weighted by Crippen LogP contribution is -2.26. The van der Waals surface area contributed by atoms with Crippen molar-refractivity contribution in [2.75, 3.05) is 5.32 Å². The Hall–Kier alpha value is -2.31. The van der Waals surface area contributed by atoms with Crippen LogP contribution in [0.1, 0.15) is 14.5 Å². The number of thiophene rings is 1. The van der Waals surface area contributed by atoms with E-state index in [0.717, 1.165) is 23.6 Å². The third-order valence-electron chi connectivity index (χ3n) is 2.65. The van der Waals surface area contributed by atoms with Crippen LogP contribution in [0.25, 0.3) is 0 Å². The summed E-state index contributed by atoms with van der Waals surface area (Å²) in [7, 11) is 0. The van der Waals surface area contributed by atoms with E-state index in [1.165, 1.54) is 6.07 Å². The Balaban J connectivity index is 2.29. The van der Waals surface area contributed by atoms with E-state index in [9.17, 15) is 22.8 Å². The number of alkyl halides is 2. The predicted molar refractivity (Wildman–Crippen MR) is 78.7 cm³/mol. The van der Waals surface area contributed by atoms with Crippen LogP contribution in [0.5, 0.6) is 0 Å². The number of nitrogens with one attached hydrogen (secondary N) is 1. The Bertz CT molecular complexity index is 857. The normalized spacial score (nSPS) is 10.6. The number of rotatable bonds is 4. The molecule has 10 heteroatoms. The van der Waals surface area contributed by atoms with Crippen molar-refractivity contribution in [2.24, 2.45) is 0 Å². The van der Waals surface area contributed by atoms with Gasteiger partial charge in [0.1, 0.15) is 10.9 Å². The maximum absolute atomic E-state index is 13.5. The molecule has 0 saturated carbocycles. The topological polar surface area (TPSA) is 74.9 Å². The van der Waals surface area contributed by atoms with E-state index in [1.807, 2.05) is 0 Å². The van der Waals surface area contributed by atoms with Crippen molar-refractivity contribution in [3.05, 3.63) is 49.3 Å². The number of nitriles is 1. The smallest absolute Gasteiger partial charge is 0.286 e. The predicted octanol–water partition coefficient (Wildman–Crippen LogP) is 3.09. The molecule has 0 aliphatic carbocycles. The van der Waals surface area contributed by atoms with Gasteiger partial charge in [0.15, 0.2) is 5.82 Å². The molecule has 5 nitrogen and oxygen atoms in total. The zero-order valence-electron chi connectivity index (χ0n) is 11.1. The first kappa shape index (κ1) is 17.1. The molecule has 0 unspecified atom stereocenters. The fourth-order valence-electron chi connectivity index (χ4n) is 1.70. The van der Waals surface area contributed by atoms with Crippen LogP contribution >= 0.6 is 22.9 Å². The summed E-state index contributed by atoms with van der Waals surface area (Å²) >= 11 is 6.56. The number of amides is 1. The van der Waals surface area contributed by atoms with Crippen LogP contribution in [-0.4, -0.2) is 16.9 Å². The summed E-state index contributed by atoms with van der Waals surface area (Å²) in [5.74, 6) is -1.98. The van der Waals surface area contributed by atoms with E-state index in [4.69, 9.17) is 16.9 Å². The fraction of sp³-hybridized carbons (Fsp3) is 0.154. The Morgan fingerprint density at radius 1 is 1.48 bits per heavy atom. The SMILES string of the molecule is N#Cc1sc(C(=O)Nc2cc(F)c(=O)n(CC(F)F)c2)cc1Cl. The first-order valence-electron chi connectivity index (χ1n) is 6.00. The van der Waals surface area contributed by atoms with E-state index in [0.29, 0.717) is 4.57 Å². The fourth-order valence-corrected chi connectivity index (χ4v) is 2.78. The first-order valence-corrected chi connectivity index (χ1v) is 7.20. The standard InChI is InChI=1S/C13H7ClF3N3O2S/c14-7-2-9(23-10(7)3-18)12(21)19-6-1-8(15)13(22)20(4-6)5-11(16)17/h1-2,4,11H,5H2,(H,19,21). The maximum atomic E-state index is 13.5. The van der Waals surface area contributed by atoms with Gasteiger partial charge >= 0.3 is 0 Å². The molecule has 0 atom stereocenters. The van der Waals surface area contributed by atoms with Gasteiger partial charge in [0.05, 0.1) is 22.1 Å². The number of anilines is 1. The van der Waals surface area contributed by atoms with Gasteiger partial charge in [-0.05, 0) is 6.07 Å². The van der Waals surface area contributed by atoms with Crippen molar-refractivity contribution in [1.29, 1.82) is 5.26 Å². The zero-order chi connectivity index (χ0) is 17.1. The van der Waals surface area contributed by atoms with Crippen LogP contribution in [0.15, 0.2) is 23.1 Å². The molecule has 23 heavy (non-hydrogen) atoms. The molecule has 1 N–H and O–H groups in total. The van der Waals surface area contributed by atoms with Crippen molar-refractivity contribution in [3.63, 3.8) is 0 Å². The molecule has 0 fully saturated rings. The van der Waals surface area contributed by atoms with Crippen LogP contribution in [0.4, 0.5) is 18.9 Å². The molecule has 2 rings (SSSR count). The van der Waals surface area contributed by atoms with Gasteiger partial charge in [-0.3, -0.25) is 9.59 Å². The molecule has 2 aromatic heterocycles. The average molecular weight is 362 g/mol. The lowest BCUT2D eigenvalue weighted by molar-refractivity contribution is 0.103. The molecule has 0 aromatic carbocycles. The van der Waals surface area contributed by atoms with Gasteiger partial charge in [-0.2, -0.15) is 5.26 Å². The second kappa shape index (κ2) is 6.85. The zero-order valence-corrected chi connectivity index (χ0v) is 12.7. The highest BCUT2D eigenvalue weighted by molar-refractivity contribution is 7.15. The van der Waals surface area contributed by atoms with Gasteiger partial charge in [0, 0.05) is 12.3 Å². The molecular weight excluding hydrogens is 355 g/mol. The number of nitrogens with zero attached hydrogens (tertiary/aromatic N) is 2. The van der Waals surface area contributed by atoms with E-state index in [1.54, 1.807) is 6.07 Å². The number of hydrogen-bond donors (Lipinski definition) is 1. The van der Waals surface area contributed by atoms with Crippen LogP contribution in [0.2, 0.25) is 5.02 Å². The number of carbonyl (C=O) groups is 1. The summed E-state index contributed by atoms with van der Waals surface area (Å²) in [6.07, 6.45) is -1.94. The van der Waals surface area contributed by atoms with Gasteiger partial charge in [-0.1, -0.05) is 11.6 Å². The van der Waals surface area contributed by atoms with E-state index < -0.39 is 30.3 Å². The van der Waals surface area contributed by atoms with Gasteiger partial charge in [-0.15, -0.1) is 11.3 Å². The Morgan fingerprint density at radius 3 is 2.74 bits per heavy atom. The first-order chi connectivity index (χ1) is 10.8. The minimum Gasteiger partial charge on any atom is -0.320 e. The minimum atomic E-state index is -2.85.